The summed E-state index contributed by atoms with van der Waals surface area (Å²) in [6.07, 6.45) is 6.50. The summed E-state index contributed by atoms with van der Waals surface area (Å²) in [6.45, 7) is 2.03. The first-order valence-electron chi connectivity index (χ1n) is 10.5. The van der Waals surface area contributed by atoms with Crippen molar-refractivity contribution in [3.8, 4) is 22.8 Å². The molecule has 34 heavy (non-hydrogen) atoms. The molecule has 0 unspecified atom stereocenters. The van der Waals surface area contributed by atoms with Crippen LogP contribution in [-0.2, 0) is 4.79 Å². The topological polar surface area (TPSA) is 94.5 Å². The van der Waals surface area contributed by atoms with Gasteiger partial charge in [0.05, 0.1) is 19.1 Å². The third-order valence-corrected chi connectivity index (χ3v) is 5.69. The van der Waals surface area contributed by atoms with Crippen LogP contribution in [0, 0.1) is 6.92 Å². The lowest BCUT2D eigenvalue weighted by atomic mass is 10.2. The number of furan rings is 1. The smallest absolute Gasteiger partial charge is 0.250 e. The van der Waals surface area contributed by atoms with Gasteiger partial charge in [0, 0.05) is 17.5 Å². The molecule has 4 aromatic rings. The van der Waals surface area contributed by atoms with Crippen LogP contribution >= 0.6 is 11.8 Å². The molecule has 2 aromatic carbocycles. The third-order valence-electron chi connectivity index (χ3n) is 4.76. The summed E-state index contributed by atoms with van der Waals surface area (Å²) < 4.78 is 12.4. The molecule has 8 nitrogen and oxygen atoms in total. The molecule has 4 rings (SSSR count). The van der Waals surface area contributed by atoms with Crippen LogP contribution in [0.25, 0.3) is 23.2 Å². The van der Waals surface area contributed by atoms with E-state index in [9.17, 15) is 4.79 Å². The molecule has 0 aliphatic rings. The van der Waals surface area contributed by atoms with Crippen molar-refractivity contribution in [2.75, 3.05) is 12.9 Å². The van der Waals surface area contributed by atoms with Gasteiger partial charge in [-0.25, -0.2) is 5.43 Å². The van der Waals surface area contributed by atoms with Gasteiger partial charge in [0.1, 0.15) is 11.5 Å². The first kappa shape index (κ1) is 23.1. The molecular formula is C25H23N5O3S. The van der Waals surface area contributed by atoms with Crippen molar-refractivity contribution in [2.45, 2.75) is 12.1 Å². The van der Waals surface area contributed by atoms with E-state index >= 15 is 0 Å². The first-order chi connectivity index (χ1) is 16.6. The molecule has 0 saturated carbocycles. The van der Waals surface area contributed by atoms with Crippen LogP contribution < -0.4 is 10.2 Å². The molecule has 0 aliphatic heterocycles. The summed E-state index contributed by atoms with van der Waals surface area (Å²) in [5.74, 6) is 2.02. The number of allylic oxidation sites excluding steroid dienone is 1. The van der Waals surface area contributed by atoms with Crippen molar-refractivity contribution in [3.63, 3.8) is 0 Å². The molecule has 1 amide bonds. The van der Waals surface area contributed by atoms with Crippen molar-refractivity contribution < 1.29 is 13.9 Å². The molecule has 0 fully saturated rings. The van der Waals surface area contributed by atoms with Crippen molar-refractivity contribution in [3.05, 3.63) is 84.3 Å². The highest BCUT2D eigenvalue weighted by Crippen LogP contribution is 2.29. The van der Waals surface area contributed by atoms with Gasteiger partial charge in [0.2, 0.25) is 0 Å². The van der Waals surface area contributed by atoms with Crippen molar-refractivity contribution in [1.82, 2.24) is 20.2 Å². The minimum atomic E-state index is -0.253. The molecule has 172 valence electrons. The Morgan fingerprint density at radius 1 is 1.15 bits per heavy atom. The fraction of sp³-hybridized carbons (Fsp3) is 0.120. The Hall–Kier alpha value is -4.11. The van der Waals surface area contributed by atoms with Crippen LogP contribution in [0.5, 0.6) is 5.75 Å². The fourth-order valence-corrected chi connectivity index (χ4v) is 3.80. The van der Waals surface area contributed by atoms with Crippen LogP contribution in [0.3, 0.4) is 0 Å². The van der Waals surface area contributed by atoms with Gasteiger partial charge in [-0.05, 0) is 67.6 Å². The number of benzene rings is 2. The van der Waals surface area contributed by atoms with Gasteiger partial charge in [0.25, 0.3) is 5.91 Å². The number of carbonyl (C=O) groups excluding carboxylic acids is 1. The van der Waals surface area contributed by atoms with E-state index in [1.807, 2.05) is 66.1 Å². The lowest BCUT2D eigenvalue weighted by molar-refractivity contribution is -0.118. The Kier molecular flexibility index (Phi) is 7.56. The fourth-order valence-electron chi connectivity index (χ4n) is 3.06. The normalized spacial score (nSPS) is 11.4. The predicted octanol–water partition coefficient (Wildman–Crippen LogP) is 4.75. The monoisotopic (exact) mass is 473 g/mol. The zero-order valence-corrected chi connectivity index (χ0v) is 19.5. The highest BCUT2D eigenvalue weighted by Gasteiger charge is 2.17. The van der Waals surface area contributed by atoms with Crippen LogP contribution in [0.15, 0.2) is 87.7 Å². The molecule has 0 aliphatic carbocycles. The number of rotatable bonds is 9. The Labute approximate surface area is 201 Å². The summed E-state index contributed by atoms with van der Waals surface area (Å²) in [5.41, 5.74) is 5.45. The number of amides is 1. The Balaban J connectivity index is 1.48. The van der Waals surface area contributed by atoms with Crippen LogP contribution in [0.4, 0.5) is 0 Å². The van der Waals surface area contributed by atoms with Gasteiger partial charge < -0.3 is 9.15 Å². The van der Waals surface area contributed by atoms with Gasteiger partial charge in [-0.1, -0.05) is 29.5 Å². The molecule has 1 N–H and O–H groups in total. The molecular weight excluding hydrogens is 450 g/mol. The van der Waals surface area contributed by atoms with Gasteiger partial charge in [-0.2, -0.15) is 5.10 Å². The van der Waals surface area contributed by atoms with Gasteiger partial charge in [-0.3, -0.25) is 9.36 Å². The number of hydrogen-bond acceptors (Lipinski definition) is 7. The van der Waals surface area contributed by atoms with Crippen molar-refractivity contribution >= 4 is 30.0 Å². The number of thioether (sulfide) groups is 1. The minimum absolute atomic E-state index is 0.131. The van der Waals surface area contributed by atoms with E-state index in [1.54, 1.807) is 31.6 Å². The number of hydrazone groups is 1. The van der Waals surface area contributed by atoms with Gasteiger partial charge >= 0.3 is 0 Å². The molecule has 0 radical (unpaired) electrons. The summed E-state index contributed by atoms with van der Waals surface area (Å²) >= 11 is 1.28. The quantitative estimate of drug-likeness (QED) is 0.214. The Morgan fingerprint density at radius 3 is 2.65 bits per heavy atom. The van der Waals surface area contributed by atoms with E-state index < -0.39 is 0 Å². The summed E-state index contributed by atoms with van der Waals surface area (Å²) in [6, 6.07) is 19.3. The van der Waals surface area contributed by atoms with Gasteiger partial charge in [0.15, 0.2) is 11.0 Å². The average Bonchev–Trinajstić information content (AvgIpc) is 3.53. The molecule has 0 spiro atoms. The van der Waals surface area contributed by atoms with E-state index in [1.165, 1.54) is 18.0 Å². The van der Waals surface area contributed by atoms with Crippen LogP contribution in [0.2, 0.25) is 0 Å². The lowest BCUT2D eigenvalue weighted by Crippen LogP contribution is -2.19. The number of ether oxygens (including phenoxy) is 1. The number of aromatic nitrogens is 3. The van der Waals surface area contributed by atoms with E-state index in [2.05, 4.69) is 20.7 Å². The largest absolute Gasteiger partial charge is 0.497 e. The molecule has 0 atom stereocenters. The third kappa shape index (κ3) is 5.81. The second-order valence-electron chi connectivity index (χ2n) is 7.18. The molecule has 2 aromatic heterocycles. The van der Waals surface area contributed by atoms with Crippen LogP contribution in [-0.4, -0.2) is 39.7 Å². The molecule has 0 bridgehead atoms. The average molecular weight is 474 g/mol. The highest BCUT2D eigenvalue weighted by molar-refractivity contribution is 7.99. The lowest BCUT2D eigenvalue weighted by Gasteiger charge is -2.11. The second kappa shape index (κ2) is 11.2. The Bertz CT molecular complexity index is 1280. The van der Waals surface area contributed by atoms with E-state index in [0.717, 1.165) is 22.6 Å². The minimum Gasteiger partial charge on any atom is -0.497 e. The highest BCUT2D eigenvalue weighted by atomic mass is 32.2. The second-order valence-corrected chi connectivity index (χ2v) is 8.12. The standard InChI is InChI=1S/C25H23N5O3S/c1-18-7-11-20(12-8-18)30-24(19-9-13-21(32-2)14-10-19)28-29-25(30)34-17-23(31)27-26-15-3-5-22-6-4-16-33-22/h3-16H,17H2,1-2H3,(H,27,31)/b5-3-,26-15-. The zero-order valence-electron chi connectivity index (χ0n) is 18.7. The van der Waals surface area contributed by atoms with E-state index in [0.29, 0.717) is 16.7 Å². The number of nitrogens with one attached hydrogen (secondary N) is 1. The number of methoxy groups -OCH3 is 1. The predicted molar refractivity (Wildman–Crippen MR) is 133 cm³/mol. The summed E-state index contributed by atoms with van der Waals surface area (Å²) in [5, 5.41) is 13.3. The SMILES string of the molecule is COc1ccc(-c2nnc(SCC(=O)N/N=C\C=C/c3ccco3)n2-c2ccc(C)cc2)cc1. The van der Waals surface area contributed by atoms with E-state index in [4.69, 9.17) is 9.15 Å². The van der Waals surface area contributed by atoms with Gasteiger partial charge in [-0.15, -0.1) is 10.2 Å². The Morgan fingerprint density at radius 2 is 1.94 bits per heavy atom. The summed E-state index contributed by atoms with van der Waals surface area (Å²) in [4.78, 5) is 12.3. The summed E-state index contributed by atoms with van der Waals surface area (Å²) in [7, 11) is 1.63. The maximum absolute atomic E-state index is 12.3. The van der Waals surface area contributed by atoms with Crippen LogP contribution in [0.1, 0.15) is 11.3 Å². The molecule has 0 saturated heterocycles. The number of nitrogens with zero attached hydrogens (tertiary/aromatic N) is 4. The molecule has 2 heterocycles. The first-order valence-corrected chi connectivity index (χ1v) is 11.4. The zero-order chi connectivity index (χ0) is 23.8. The van der Waals surface area contributed by atoms with E-state index in [-0.39, 0.29) is 11.7 Å². The number of aryl methyl sites for hydroxylation is 1. The van der Waals surface area contributed by atoms with Crippen molar-refractivity contribution in [1.29, 1.82) is 0 Å². The maximum Gasteiger partial charge on any atom is 0.250 e. The molecule has 9 heteroatoms. The maximum atomic E-state index is 12.3. The van der Waals surface area contributed by atoms with Crippen molar-refractivity contribution in [2.24, 2.45) is 5.10 Å². The number of carbonyl (C=O) groups is 1. The number of hydrogen-bond donors (Lipinski definition) is 1.